The van der Waals surface area contributed by atoms with Crippen LogP contribution in [-0.2, 0) is 19.1 Å². The van der Waals surface area contributed by atoms with Crippen molar-refractivity contribution in [1.29, 1.82) is 0 Å². The van der Waals surface area contributed by atoms with Crippen LogP contribution in [0.15, 0.2) is 5.16 Å². The number of ether oxygens (including phenoxy) is 1. The van der Waals surface area contributed by atoms with Crippen molar-refractivity contribution in [3.63, 3.8) is 0 Å². The molecule has 1 heterocycles. The molecule has 0 unspecified atom stereocenters. The zero-order valence-electron chi connectivity index (χ0n) is 17.7. The van der Waals surface area contributed by atoms with Gasteiger partial charge in [0.25, 0.3) is 11.8 Å². The van der Waals surface area contributed by atoms with Gasteiger partial charge in [-0.05, 0) is 31.6 Å². The summed E-state index contributed by atoms with van der Waals surface area (Å²) in [5.74, 6) is -1.59. The van der Waals surface area contributed by atoms with Crippen molar-refractivity contribution in [3.05, 3.63) is 0 Å². The number of hydrazine groups is 1. The van der Waals surface area contributed by atoms with Crippen molar-refractivity contribution < 1.29 is 24.3 Å². The van der Waals surface area contributed by atoms with E-state index in [2.05, 4.69) is 15.9 Å². The van der Waals surface area contributed by atoms with Crippen LogP contribution in [-0.4, -0.2) is 58.9 Å². The van der Waals surface area contributed by atoms with E-state index < -0.39 is 24.0 Å². The molecule has 0 aromatic carbocycles. The molecule has 0 aromatic rings. The summed E-state index contributed by atoms with van der Waals surface area (Å²) in [7, 11) is 0. The second-order valence-electron chi connectivity index (χ2n) is 8.47. The number of hydrogen-bond acceptors (Lipinski definition) is 7. The van der Waals surface area contributed by atoms with Crippen LogP contribution in [0.25, 0.3) is 0 Å². The molecular weight excluding hydrogens is 364 g/mol. The molecule has 1 saturated heterocycles. The van der Waals surface area contributed by atoms with E-state index in [1.54, 1.807) is 13.8 Å². The average molecular weight is 399 g/mol. The highest BCUT2D eigenvalue weighted by atomic mass is 16.5. The van der Waals surface area contributed by atoms with Crippen LogP contribution in [0.1, 0.15) is 60.8 Å². The van der Waals surface area contributed by atoms with Gasteiger partial charge in [0.1, 0.15) is 17.8 Å². The van der Waals surface area contributed by atoms with Gasteiger partial charge in [0.2, 0.25) is 0 Å². The lowest BCUT2D eigenvalue weighted by molar-refractivity contribution is -0.155. The zero-order chi connectivity index (χ0) is 21.5. The van der Waals surface area contributed by atoms with Gasteiger partial charge in [-0.1, -0.05) is 39.8 Å². The molecule has 0 radical (unpaired) electrons. The Morgan fingerprint density at radius 3 is 2.50 bits per heavy atom. The van der Waals surface area contributed by atoms with E-state index in [9.17, 15) is 14.4 Å². The number of hydrogen-bond donors (Lipinski definition) is 3. The maximum absolute atomic E-state index is 12.7. The fourth-order valence-corrected chi connectivity index (χ4v) is 2.63. The Labute approximate surface area is 166 Å². The number of rotatable bonds is 7. The van der Waals surface area contributed by atoms with Gasteiger partial charge >= 0.3 is 5.97 Å². The van der Waals surface area contributed by atoms with Gasteiger partial charge in [0.05, 0.1) is 6.61 Å². The summed E-state index contributed by atoms with van der Waals surface area (Å²) >= 11 is 0. The lowest BCUT2D eigenvalue weighted by Crippen LogP contribution is -2.60. The molecule has 0 spiro atoms. The summed E-state index contributed by atoms with van der Waals surface area (Å²) in [6.07, 6.45) is 1.84. The van der Waals surface area contributed by atoms with E-state index in [1.165, 1.54) is 5.01 Å². The molecule has 0 aliphatic carbocycles. The maximum Gasteiger partial charge on any atom is 0.324 e. The topological polar surface area (TPSA) is 120 Å². The smallest absolute Gasteiger partial charge is 0.324 e. The van der Waals surface area contributed by atoms with E-state index in [4.69, 9.17) is 9.94 Å². The molecule has 3 N–H and O–H groups in total. The predicted molar refractivity (Wildman–Crippen MR) is 105 cm³/mol. The molecule has 3 atom stereocenters. The molecule has 28 heavy (non-hydrogen) atoms. The molecule has 1 aliphatic rings. The zero-order valence-corrected chi connectivity index (χ0v) is 17.7. The summed E-state index contributed by atoms with van der Waals surface area (Å²) < 4.78 is 5.33. The SMILES string of the molecule is CC[C@H](C)C(=NO)C(=O)N[C@@H](C)C(=O)N1CCC[C@@H](C(=O)OCC(C)(C)C)N1. The minimum absolute atomic E-state index is 0.0163. The van der Waals surface area contributed by atoms with E-state index in [0.717, 1.165) is 0 Å². The first-order valence-electron chi connectivity index (χ1n) is 9.77. The normalized spacial score (nSPS) is 20.3. The van der Waals surface area contributed by atoms with E-state index in [1.807, 2.05) is 27.7 Å². The first-order chi connectivity index (χ1) is 13.0. The Balaban J connectivity index is 2.65. The number of oxime groups is 1. The number of nitrogens with one attached hydrogen (secondary N) is 2. The first-order valence-corrected chi connectivity index (χ1v) is 9.77. The van der Waals surface area contributed by atoms with Crippen molar-refractivity contribution in [2.45, 2.75) is 72.9 Å². The largest absolute Gasteiger partial charge is 0.464 e. The second-order valence-corrected chi connectivity index (χ2v) is 8.47. The van der Waals surface area contributed by atoms with Crippen LogP contribution in [0.4, 0.5) is 0 Å². The highest BCUT2D eigenvalue weighted by Gasteiger charge is 2.32. The van der Waals surface area contributed by atoms with Crippen molar-refractivity contribution in [2.75, 3.05) is 13.2 Å². The van der Waals surface area contributed by atoms with Crippen LogP contribution in [0, 0.1) is 11.3 Å². The first kappa shape index (κ1) is 23.9. The Hall–Kier alpha value is -2.16. The number of amides is 2. The summed E-state index contributed by atoms with van der Waals surface area (Å²) in [4.78, 5) is 37.2. The van der Waals surface area contributed by atoms with Crippen molar-refractivity contribution >= 4 is 23.5 Å². The van der Waals surface area contributed by atoms with Gasteiger partial charge in [-0.2, -0.15) is 0 Å². The molecule has 9 nitrogen and oxygen atoms in total. The quantitative estimate of drug-likeness (QED) is 0.258. The molecule has 2 amide bonds. The van der Waals surface area contributed by atoms with Gasteiger partial charge in [-0.15, -0.1) is 0 Å². The van der Waals surface area contributed by atoms with Crippen LogP contribution >= 0.6 is 0 Å². The molecule has 1 fully saturated rings. The third-order valence-corrected chi connectivity index (χ3v) is 4.52. The summed E-state index contributed by atoms with van der Waals surface area (Å²) in [5, 5.41) is 16.0. The lowest BCUT2D eigenvalue weighted by atomic mass is 9.98. The van der Waals surface area contributed by atoms with Gasteiger partial charge in [0.15, 0.2) is 0 Å². The van der Waals surface area contributed by atoms with Crippen LogP contribution in [0.3, 0.4) is 0 Å². The highest BCUT2D eigenvalue weighted by molar-refractivity contribution is 6.39. The van der Waals surface area contributed by atoms with Gasteiger partial charge in [0, 0.05) is 12.5 Å². The van der Waals surface area contributed by atoms with E-state index in [0.29, 0.717) is 32.4 Å². The number of esters is 1. The van der Waals surface area contributed by atoms with Crippen LogP contribution < -0.4 is 10.7 Å². The summed E-state index contributed by atoms with van der Waals surface area (Å²) in [6.45, 7) is 11.8. The predicted octanol–water partition coefficient (Wildman–Crippen LogP) is 1.45. The van der Waals surface area contributed by atoms with Crippen molar-refractivity contribution in [1.82, 2.24) is 15.8 Å². The maximum atomic E-state index is 12.7. The van der Waals surface area contributed by atoms with Crippen LogP contribution in [0.5, 0.6) is 0 Å². The molecular formula is C19H34N4O5. The highest BCUT2D eigenvalue weighted by Crippen LogP contribution is 2.15. The molecule has 1 aliphatic heterocycles. The fraction of sp³-hybridized carbons (Fsp3) is 0.789. The monoisotopic (exact) mass is 398 g/mol. The Morgan fingerprint density at radius 1 is 1.32 bits per heavy atom. The molecule has 0 saturated carbocycles. The fourth-order valence-electron chi connectivity index (χ4n) is 2.63. The van der Waals surface area contributed by atoms with Crippen molar-refractivity contribution in [2.24, 2.45) is 16.5 Å². The number of carbonyl (C=O) groups excluding carboxylic acids is 3. The van der Waals surface area contributed by atoms with Crippen LogP contribution in [0.2, 0.25) is 0 Å². The minimum atomic E-state index is -0.842. The summed E-state index contributed by atoms with van der Waals surface area (Å²) in [6, 6.07) is -1.44. The van der Waals surface area contributed by atoms with E-state index >= 15 is 0 Å². The number of nitrogens with zero attached hydrogens (tertiary/aromatic N) is 2. The Kier molecular flexibility index (Phi) is 8.87. The third-order valence-electron chi connectivity index (χ3n) is 4.52. The lowest BCUT2D eigenvalue weighted by Gasteiger charge is -2.34. The molecule has 0 aromatic heterocycles. The Morgan fingerprint density at radius 2 is 1.96 bits per heavy atom. The Bertz CT molecular complexity index is 600. The average Bonchev–Trinajstić information content (AvgIpc) is 2.65. The number of carbonyl (C=O) groups is 3. The minimum Gasteiger partial charge on any atom is -0.464 e. The van der Waals surface area contributed by atoms with Gasteiger partial charge < -0.3 is 15.3 Å². The molecule has 1 rings (SSSR count). The third kappa shape index (κ3) is 7.10. The van der Waals surface area contributed by atoms with Gasteiger partial charge in [-0.3, -0.25) is 19.4 Å². The van der Waals surface area contributed by atoms with E-state index in [-0.39, 0.29) is 23.0 Å². The second kappa shape index (κ2) is 10.4. The molecule has 0 bridgehead atoms. The van der Waals surface area contributed by atoms with Gasteiger partial charge in [-0.25, -0.2) is 5.43 Å². The van der Waals surface area contributed by atoms with Crippen molar-refractivity contribution in [3.8, 4) is 0 Å². The summed E-state index contributed by atoms with van der Waals surface area (Å²) in [5.41, 5.74) is 2.74. The molecule has 160 valence electrons. The standard InChI is InChI=1S/C19H34N4O5/c1-7-12(2)15(22-27)16(24)20-13(3)17(25)23-10-8-9-14(21-23)18(26)28-11-19(4,5)6/h12-14,21,27H,7-11H2,1-6H3,(H,20,24)/t12-,13-,14-/m0/s1. The molecule has 9 heteroatoms.